The van der Waals surface area contributed by atoms with Crippen LogP contribution in [0.25, 0.3) is 17.1 Å². The lowest BCUT2D eigenvalue weighted by Gasteiger charge is -2.11. The molecule has 0 unspecified atom stereocenters. The molecule has 0 aliphatic rings. The first kappa shape index (κ1) is 24.1. The van der Waals surface area contributed by atoms with Crippen LogP contribution < -0.4 is 10.6 Å². The molecule has 0 atom stereocenters. The normalized spacial score (nSPS) is 10.7. The van der Waals surface area contributed by atoms with Crippen molar-refractivity contribution in [3.05, 3.63) is 90.0 Å². The van der Waals surface area contributed by atoms with Crippen LogP contribution in [0.4, 0.5) is 14.5 Å². The maximum absolute atomic E-state index is 13.3. The van der Waals surface area contributed by atoms with E-state index in [4.69, 9.17) is 0 Å². The van der Waals surface area contributed by atoms with Crippen LogP contribution >= 0.6 is 11.8 Å². The molecule has 0 spiro atoms. The van der Waals surface area contributed by atoms with Crippen LogP contribution in [0.2, 0.25) is 0 Å². The summed E-state index contributed by atoms with van der Waals surface area (Å²) in [5, 5.41) is 14.1. The third-order valence-electron chi connectivity index (χ3n) is 4.91. The molecule has 10 heteroatoms. The molecular formula is C25H21F2N5O2S. The van der Waals surface area contributed by atoms with E-state index in [0.29, 0.717) is 11.0 Å². The Morgan fingerprint density at radius 2 is 1.71 bits per heavy atom. The van der Waals surface area contributed by atoms with Crippen LogP contribution in [0.1, 0.15) is 5.56 Å². The number of anilines is 1. The summed E-state index contributed by atoms with van der Waals surface area (Å²) in [6.45, 7) is 1.67. The fraction of sp³-hybridized carbons (Fsp3) is 0.120. The van der Waals surface area contributed by atoms with Gasteiger partial charge in [-0.2, -0.15) is 0 Å². The molecule has 0 aliphatic heterocycles. The molecule has 0 radical (unpaired) electrons. The summed E-state index contributed by atoms with van der Waals surface area (Å²) in [4.78, 5) is 24.4. The standard InChI is InChI=1S/C25H21F2N5O2S/c1-16-6-5-9-19(12-16)32-24(17-7-3-2-4-8-17)30-31-25(32)35-15-23(34)28-14-22(33)29-18-10-11-20(26)21(27)13-18/h2-13H,14-15H2,1H3,(H,28,34)(H,29,33). The Morgan fingerprint density at radius 3 is 2.46 bits per heavy atom. The zero-order valence-electron chi connectivity index (χ0n) is 18.7. The minimum absolute atomic E-state index is 0.00278. The van der Waals surface area contributed by atoms with Crippen LogP contribution in [-0.2, 0) is 9.59 Å². The maximum atomic E-state index is 13.3. The molecular weight excluding hydrogens is 472 g/mol. The van der Waals surface area contributed by atoms with Gasteiger partial charge in [-0.1, -0.05) is 54.2 Å². The van der Waals surface area contributed by atoms with E-state index in [2.05, 4.69) is 20.8 Å². The van der Waals surface area contributed by atoms with Crippen molar-refractivity contribution in [1.29, 1.82) is 0 Å². The van der Waals surface area contributed by atoms with E-state index in [-0.39, 0.29) is 18.0 Å². The zero-order valence-corrected chi connectivity index (χ0v) is 19.5. The fourth-order valence-corrected chi connectivity index (χ4v) is 4.06. The van der Waals surface area contributed by atoms with Gasteiger partial charge in [-0.3, -0.25) is 14.2 Å². The summed E-state index contributed by atoms with van der Waals surface area (Å²) in [7, 11) is 0. The van der Waals surface area contributed by atoms with Gasteiger partial charge < -0.3 is 10.6 Å². The first-order valence-corrected chi connectivity index (χ1v) is 11.6. The maximum Gasteiger partial charge on any atom is 0.243 e. The number of halogens is 2. The Hall–Kier alpha value is -4.05. The van der Waals surface area contributed by atoms with Crippen LogP contribution in [-0.4, -0.2) is 38.9 Å². The zero-order chi connectivity index (χ0) is 24.8. The van der Waals surface area contributed by atoms with Gasteiger partial charge in [0.15, 0.2) is 22.6 Å². The molecule has 1 aromatic heterocycles. The molecule has 0 bridgehead atoms. The largest absolute Gasteiger partial charge is 0.346 e. The number of nitrogens with zero attached hydrogens (tertiary/aromatic N) is 3. The number of amides is 2. The topological polar surface area (TPSA) is 88.9 Å². The molecule has 4 aromatic rings. The number of aryl methyl sites for hydroxylation is 1. The number of thioether (sulfide) groups is 1. The van der Waals surface area contributed by atoms with Gasteiger partial charge in [-0.25, -0.2) is 8.78 Å². The molecule has 7 nitrogen and oxygen atoms in total. The molecule has 0 fully saturated rings. The highest BCUT2D eigenvalue weighted by Gasteiger charge is 2.17. The number of carbonyl (C=O) groups excluding carboxylic acids is 2. The van der Waals surface area contributed by atoms with Gasteiger partial charge in [-0.15, -0.1) is 10.2 Å². The highest BCUT2D eigenvalue weighted by Crippen LogP contribution is 2.28. The molecule has 1 heterocycles. The molecule has 0 saturated heterocycles. The van der Waals surface area contributed by atoms with Crippen molar-refractivity contribution in [3.63, 3.8) is 0 Å². The van der Waals surface area contributed by atoms with Gasteiger partial charge in [0.1, 0.15) is 0 Å². The Balaban J connectivity index is 1.41. The predicted octanol–water partition coefficient (Wildman–Crippen LogP) is 4.37. The Bertz CT molecular complexity index is 1360. The van der Waals surface area contributed by atoms with E-state index in [0.717, 1.165) is 28.9 Å². The monoisotopic (exact) mass is 493 g/mol. The van der Waals surface area contributed by atoms with Crippen molar-refractivity contribution in [2.75, 3.05) is 17.6 Å². The van der Waals surface area contributed by atoms with Gasteiger partial charge in [0.25, 0.3) is 0 Å². The SMILES string of the molecule is Cc1cccc(-n2c(SCC(=O)NCC(=O)Nc3ccc(F)c(F)c3)nnc2-c2ccccc2)c1. The molecule has 2 amide bonds. The van der Waals surface area contributed by atoms with Crippen LogP contribution in [0.15, 0.2) is 78.0 Å². The summed E-state index contributed by atoms with van der Waals surface area (Å²) in [5.74, 6) is -2.40. The van der Waals surface area contributed by atoms with Crippen molar-refractivity contribution >= 4 is 29.3 Å². The molecule has 35 heavy (non-hydrogen) atoms. The first-order chi connectivity index (χ1) is 16.9. The smallest absolute Gasteiger partial charge is 0.243 e. The van der Waals surface area contributed by atoms with Gasteiger partial charge in [0.2, 0.25) is 11.8 Å². The number of benzene rings is 3. The summed E-state index contributed by atoms with van der Waals surface area (Å²) < 4.78 is 28.2. The molecule has 0 aliphatic carbocycles. The van der Waals surface area contributed by atoms with Gasteiger partial charge in [-0.05, 0) is 36.8 Å². The van der Waals surface area contributed by atoms with Crippen molar-refractivity contribution < 1.29 is 18.4 Å². The van der Waals surface area contributed by atoms with Gasteiger partial charge in [0, 0.05) is 23.0 Å². The van der Waals surface area contributed by atoms with E-state index in [1.54, 1.807) is 0 Å². The molecule has 2 N–H and O–H groups in total. The predicted molar refractivity (Wildman–Crippen MR) is 130 cm³/mol. The number of rotatable bonds is 8. The highest BCUT2D eigenvalue weighted by atomic mass is 32.2. The average molecular weight is 494 g/mol. The minimum Gasteiger partial charge on any atom is -0.346 e. The summed E-state index contributed by atoms with van der Waals surface area (Å²) in [6.07, 6.45) is 0. The molecule has 4 rings (SSSR count). The van der Waals surface area contributed by atoms with Gasteiger partial charge in [0.05, 0.1) is 12.3 Å². The van der Waals surface area contributed by atoms with Crippen molar-refractivity contribution in [2.45, 2.75) is 12.1 Å². The third kappa shape index (κ3) is 6.10. The second-order valence-corrected chi connectivity index (χ2v) is 8.53. The first-order valence-electron chi connectivity index (χ1n) is 10.6. The Labute approximate surface area is 204 Å². The second-order valence-electron chi connectivity index (χ2n) is 7.59. The van der Waals surface area contributed by atoms with Crippen LogP contribution in [0.3, 0.4) is 0 Å². The van der Waals surface area contributed by atoms with Gasteiger partial charge >= 0.3 is 0 Å². The lowest BCUT2D eigenvalue weighted by atomic mass is 10.2. The minimum atomic E-state index is -1.07. The van der Waals surface area contributed by atoms with Crippen LogP contribution in [0, 0.1) is 18.6 Å². The van der Waals surface area contributed by atoms with Crippen molar-refractivity contribution in [3.8, 4) is 17.1 Å². The van der Waals surface area contributed by atoms with E-state index in [9.17, 15) is 18.4 Å². The second kappa shape index (κ2) is 10.9. The Morgan fingerprint density at radius 1 is 0.914 bits per heavy atom. The summed E-state index contributed by atoms with van der Waals surface area (Å²) in [5.41, 5.74) is 2.91. The molecule has 0 saturated carbocycles. The number of aromatic nitrogens is 3. The number of hydrogen-bond acceptors (Lipinski definition) is 5. The fourth-order valence-electron chi connectivity index (χ4n) is 3.28. The van der Waals surface area contributed by atoms with E-state index < -0.39 is 23.4 Å². The van der Waals surface area contributed by atoms with Crippen molar-refractivity contribution in [2.24, 2.45) is 0 Å². The van der Waals surface area contributed by atoms with Crippen LogP contribution in [0.5, 0.6) is 0 Å². The highest BCUT2D eigenvalue weighted by molar-refractivity contribution is 7.99. The number of carbonyl (C=O) groups is 2. The third-order valence-corrected chi connectivity index (χ3v) is 5.84. The lowest BCUT2D eigenvalue weighted by Crippen LogP contribution is -2.34. The quantitative estimate of drug-likeness (QED) is 0.356. The molecule has 178 valence electrons. The van der Waals surface area contributed by atoms with E-state index >= 15 is 0 Å². The number of hydrogen-bond donors (Lipinski definition) is 2. The summed E-state index contributed by atoms with van der Waals surface area (Å²) >= 11 is 1.18. The van der Waals surface area contributed by atoms with E-state index in [1.807, 2.05) is 66.1 Å². The Kier molecular flexibility index (Phi) is 7.51. The van der Waals surface area contributed by atoms with Crippen molar-refractivity contribution in [1.82, 2.24) is 20.1 Å². The summed E-state index contributed by atoms with van der Waals surface area (Å²) in [6, 6.07) is 20.5. The van der Waals surface area contributed by atoms with E-state index in [1.165, 1.54) is 17.8 Å². The lowest BCUT2D eigenvalue weighted by molar-refractivity contribution is -0.122. The average Bonchev–Trinajstić information content (AvgIpc) is 3.28. The molecule has 3 aromatic carbocycles. The number of nitrogens with one attached hydrogen (secondary N) is 2.